The number of methoxy groups -OCH3 is 1. The summed E-state index contributed by atoms with van der Waals surface area (Å²) in [5.74, 6) is -0.262. The number of hydrogen-bond donors (Lipinski definition) is 1. The van der Waals surface area contributed by atoms with Gasteiger partial charge in [-0.1, -0.05) is 12.1 Å². The van der Waals surface area contributed by atoms with Gasteiger partial charge in [-0.05, 0) is 42.8 Å². The number of aliphatic hydroxyl groups excluding tert-OH is 1. The van der Waals surface area contributed by atoms with Crippen LogP contribution in [0.15, 0.2) is 30.5 Å². The van der Waals surface area contributed by atoms with Gasteiger partial charge in [-0.15, -0.1) is 0 Å². The van der Waals surface area contributed by atoms with Crippen molar-refractivity contribution in [2.75, 3.05) is 13.7 Å². The second-order valence-electron chi connectivity index (χ2n) is 6.18. The van der Waals surface area contributed by atoms with Crippen LogP contribution in [0.3, 0.4) is 0 Å². The molecular weight excluding hydrogens is 292 g/mol. The van der Waals surface area contributed by atoms with Crippen molar-refractivity contribution < 1.29 is 14.6 Å². The second kappa shape index (κ2) is 6.72. The molecule has 0 spiro atoms. The molecule has 1 N–H and O–H groups in total. The minimum atomic E-state index is -0.421. The van der Waals surface area contributed by atoms with E-state index in [1.807, 2.05) is 0 Å². The summed E-state index contributed by atoms with van der Waals surface area (Å²) in [6.07, 6.45) is 2.82. The average molecular weight is 316 g/mol. The predicted molar refractivity (Wildman–Crippen MR) is 89.1 cm³/mol. The number of aryl methyl sites for hydroxylation is 1. The highest BCUT2D eigenvalue weighted by Crippen LogP contribution is 2.23. The number of fused-ring (bicyclic) bond motifs is 1. The summed E-state index contributed by atoms with van der Waals surface area (Å²) < 4.78 is 7.12. The van der Waals surface area contributed by atoms with Gasteiger partial charge in [0, 0.05) is 31.3 Å². The fourth-order valence-corrected chi connectivity index (χ4v) is 3.40. The Bertz CT molecular complexity index is 695. The van der Waals surface area contributed by atoms with Crippen molar-refractivity contribution in [1.29, 1.82) is 0 Å². The molecule has 1 aromatic carbocycles. The van der Waals surface area contributed by atoms with Crippen LogP contribution in [0.2, 0.25) is 0 Å². The average Bonchev–Trinajstić information content (AvgIpc) is 2.98. The van der Waals surface area contributed by atoms with E-state index in [1.165, 1.54) is 23.6 Å². The van der Waals surface area contributed by atoms with E-state index < -0.39 is 6.10 Å². The van der Waals surface area contributed by atoms with Crippen LogP contribution in [0.25, 0.3) is 10.9 Å². The molecule has 3 rings (SSSR count). The number of aromatic nitrogens is 1. The van der Waals surface area contributed by atoms with Crippen molar-refractivity contribution in [3.05, 3.63) is 36.0 Å². The Morgan fingerprint density at radius 1 is 1.39 bits per heavy atom. The Hall–Kier alpha value is -1.85. The topological polar surface area (TPSA) is 54.7 Å². The zero-order chi connectivity index (χ0) is 16.4. The first-order valence-electron chi connectivity index (χ1n) is 8.20. The van der Waals surface area contributed by atoms with Gasteiger partial charge in [0.05, 0.1) is 13.2 Å². The van der Waals surface area contributed by atoms with Gasteiger partial charge in [0.1, 0.15) is 6.04 Å². The molecule has 5 nitrogen and oxygen atoms in total. The lowest BCUT2D eigenvalue weighted by Crippen LogP contribution is -2.48. The number of aliphatic hydroxyl groups is 1. The third-order valence-electron chi connectivity index (χ3n) is 4.72. The number of carbonyl (C=O) groups is 1. The number of nitrogens with zero attached hydrogens (tertiary/aromatic N) is 2. The SMILES string of the molecule is CCn1ccc2ccc(CN3CC[C@H](O)C[C@@H]3C(=O)OC)cc21. The quantitative estimate of drug-likeness (QED) is 0.878. The van der Waals surface area contributed by atoms with E-state index in [0.29, 0.717) is 25.9 Å². The number of carbonyl (C=O) groups excluding carboxylic acids is 1. The summed E-state index contributed by atoms with van der Waals surface area (Å²) >= 11 is 0. The molecule has 1 aromatic heterocycles. The molecule has 2 aromatic rings. The van der Waals surface area contributed by atoms with Crippen molar-refractivity contribution in [1.82, 2.24) is 9.47 Å². The summed E-state index contributed by atoms with van der Waals surface area (Å²) in [7, 11) is 1.40. The Morgan fingerprint density at radius 3 is 2.96 bits per heavy atom. The largest absolute Gasteiger partial charge is 0.468 e. The summed E-state index contributed by atoms with van der Waals surface area (Å²) in [5.41, 5.74) is 2.40. The molecule has 0 aliphatic carbocycles. The number of rotatable bonds is 4. The highest BCUT2D eigenvalue weighted by Gasteiger charge is 2.33. The molecule has 0 amide bonds. The van der Waals surface area contributed by atoms with Crippen LogP contribution in [0.1, 0.15) is 25.3 Å². The number of piperidine rings is 1. The summed E-state index contributed by atoms with van der Waals surface area (Å²) in [6.45, 7) is 4.46. The highest BCUT2D eigenvalue weighted by atomic mass is 16.5. The first-order valence-corrected chi connectivity index (χ1v) is 8.20. The Balaban J connectivity index is 1.83. The first-order chi connectivity index (χ1) is 11.1. The molecule has 2 atom stereocenters. The molecule has 0 bridgehead atoms. The van der Waals surface area contributed by atoms with E-state index in [1.54, 1.807) is 0 Å². The summed E-state index contributed by atoms with van der Waals surface area (Å²) in [5, 5.41) is 11.1. The molecular formula is C18H24N2O3. The Morgan fingerprint density at radius 2 is 2.22 bits per heavy atom. The highest BCUT2D eigenvalue weighted by molar-refractivity contribution is 5.81. The van der Waals surface area contributed by atoms with Gasteiger partial charge in [-0.3, -0.25) is 9.69 Å². The third kappa shape index (κ3) is 3.26. The number of esters is 1. The van der Waals surface area contributed by atoms with Gasteiger partial charge >= 0.3 is 5.97 Å². The van der Waals surface area contributed by atoms with E-state index in [4.69, 9.17) is 4.74 Å². The molecule has 1 aliphatic rings. The van der Waals surface area contributed by atoms with Crippen LogP contribution >= 0.6 is 0 Å². The normalized spacial score (nSPS) is 22.4. The molecule has 2 heterocycles. The van der Waals surface area contributed by atoms with Gasteiger partial charge in [0.2, 0.25) is 0 Å². The fraction of sp³-hybridized carbons (Fsp3) is 0.500. The first kappa shape index (κ1) is 16.0. The van der Waals surface area contributed by atoms with E-state index in [2.05, 4.69) is 46.9 Å². The van der Waals surface area contributed by atoms with Crippen LogP contribution in [0, 0.1) is 0 Å². The maximum absolute atomic E-state index is 12.0. The molecule has 124 valence electrons. The summed E-state index contributed by atoms with van der Waals surface area (Å²) in [6, 6.07) is 8.19. The molecule has 1 aliphatic heterocycles. The van der Waals surface area contributed by atoms with Crippen molar-refractivity contribution in [2.24, 2.45) is 0 Å². The number of benzene rings is 1. The lowest BCUT2D eigenvalue weighted by atomic mass is 9.98. The van der Waals surface area contributed by atoms with Gasteiger partial charge in [0.15, 0.2) is 0 Å². The summed E-state index contributed by atoms with van der Waals surface area (Å²) in [4.78, 5) is 14.1. The minimum Gasteiger partial charge on any atom is -0.468 e. The number of hydrogen-bond acceptors (Lipinski definition) is 4. The zero-order valence-electron chi connectivity index (χ0n) is 13.7. The molecule has 23 heavy (non-hydrogen) atoms. The minimum absolute atomic E-state index is 0.262. The molecule has 1 fully saturated rings. The molecule has 1 saturated heterocycles. The Labute approximate surface area is 136 Å². The predicted octanol–water partition coefficient (Wildman–Crippen LogP) is 2.16. The van der Waals surface area contributed by atoms with Crippen LogP contribution in [0.5, 0.6) is 0 Å². The van der Waals surface area contributed by atoms with Crippen molar-refractivity contribution in [3.8, 4) is 0 Å². The number of ether oxygens (including phenoxy) is 1. The second-order valence-corrected chi connectivity index (χ2v) is 6.18. The zero-order valence-corrected chi connectivity index (χ0v) is 13.7. The standard InChI is InChI=1S/C18H24N2O3/c1-3-19-8-6-14-5-4-13(10-16(14)19)12-20-9-7-15(21)11-17(20)18(22)23-2/h4-6,8,10,15,17,21H,3,7,9,11-12H2,1-2H3/t15-,17+/m0/s1. The smallest absolute Gasteiger partial charge is 0.323 e. The molecule has 0 unspecified atom stereocenters. The lowest BCUT2D eigenvalue weighted by Gasteiger charge is -2.36. The molecule has 0 saturated carbocycles. The lowest BCUT2D eigenvalue weighted by molar-refractivity contribution is -0.150. The van der Waals surface area contributed by atoms with Gasteiger partial charge in [-0.25, -0.2) is 0 Å². The Kier molecular flexibility index (Phi) is 4.68. The van der Waals surface area contributed by atoms with Gasteiger partial charge < -0.3 is 14.4 Å². The number of likely N-dealkylation sites (tertiary alicyclic amines) is 1. The van der Waals surface area contributed by atoms with E-state index in [9.17, 15) is 9.90 Å². The maximum Gasteiger partial charge on any atom is 0.323 e. The van der Waals surface area contributed by atoms with Crippen LogP contribution in [0.4, 0.5) is 0 Å². The van der Waals surface area contributed by atoms with E-state index in [0.717, 1.165) is 6.54 Å². The monoisotopic (exact) mass is 316 g/mol. The molecule has 5 heteroatoms. The van der Waals surface area contributed by atoms with Crippen molar-refractivity contribution >= 4 is 16.9 Å². The maximum atomic E-state index is 12.0. The van der Waals surface area contributed by atoms with Crippen LogP contribution in [-0.2, 0) is 22.6 Å². The third-order valence-corrected chi connectivity index (χ3v) is 4.72. The van der Waals surface area contributed by atoms with E-state index in [-0.39, 0.29) is 12.0 Å². The van der Waals surface area contributed by atoms with Gasteiger partial charge in [-0.2, -0.15) is 0 Å². The van der Waals surface area contributed by atoms with E-state index >= 15 is 0 Å². The van der Waals surface area contributed by atoms with Crippen LogP contribution < -0.4 is 0 Å². The van der Waals surface area contributed by atoms with Crippen molar-refractivity contribution in [3.63, 3.8) is 0 Å². The van der Waals surface area contributed by atoms with Gasteiger partial charge in [0.25, 0.3) is 0 Å². The molecule has 0 radical (unpaired) electrons. The van der Waals surface area contributed by atoms with Crippen LogP contribution in [-0.4, -0.2) is 46.3 Å². The van der Waals surface area contributed by atoms with Crippen molar-refractivity contribution in [2.45, 2.75) is 45.0 Å². The fourth-order valence-electron chi connectivity index (χ4n) is 3.40.